The van der Waals surface area contributed by atoms with Crippen molar-refractivity contribution in [1.82, 2.24) is 0 Å². The maximum absolute atomic E-state index is 10.2. The van der Waals surface area contributed by atoms with E-state index in [1.165, 1.54) is 32.1 Å². The van der Waals surface area contributed by atoms with E-state index in [1.807, 2.05) is 0 Å². The molecule has 0 radical (unpaired) electrons. The first kappa shape index (κ1) is 22.5. The molecule has 2 aliphatic rings. The summed E-state index contributed by atoms with van der Waals surface area (Å²) in [5.41, 5.74) is 0. The van der Waals surface area contributed by atoms with Crippen molar-refractivity contribution in [3.05, 3.63) is 10.8 Å². The second-order valence-corrected chi connectivity index (χ2v) is 6.21. The molecule has 0 N–H and O–H groups in total. The van der Waals surface area contributed by atoms with Crippen molar-refractivity contribution in [2.45, 2.75) is 69.9 Å². The lowest BCUT2D eigenvalue weighted by molar-refractivity contribution is 0.226. The summed E-state index contributed by atoms with van der Waals surface area (Å²) in [6, 6.07) is 0.456. The van der Waals surface area contributed by atoms with Crippen LogP contribution in [-0.4, -0.2) is 36.4 Å². The highest BCUT2D eigenvalue weighted by atomic mass is 16.1. The minimum absolute atomic E-state index is 0.228. The molecular formula is C17H22N4O4-2. The lowest BCUT2D eigenvalue weighted by Crippen LogP contribution is -2.23. The Kier molecular flexibility index (Phi) is 13.6. The maximum Gasteiger partial charge on any atom is 0.235 e. The molecule has 2 saturated carbocycles. The average molecular weight is 346 g/mol. The number of isocyanates is 4. The summed E-state index contributed by atoms with van der Waals surface area (Å²) >= 11 is 0. The molecular weight excluding hydrogens is 324 g/mol. The predicted molar refractivity (Wildman–Crippen MR) is 90.5 cm³/mol. The van der Waals surface area contributed by atoms with Gasteiger partial charge in [0.1, 0.15) is 0 Å². The highest BCUT2D eigenvalue weighted by Crippen LogP contribution is 2.36. The molecule has 0 unspecified atom stereocenters. The van der Waals surface area contributed by atoms with Gasteiger partial charge in [0.25, 0.3) is 0 Å². The van der Waals surface area contributed by atoms with Gasteiger partial charge in [0, 0.05) is 0 Å². The second kappa shape index (κ2) is 15.1. The molecule has 0 heterocycles. The molecule has 0 aromatic rings. The zero-order valence-electron chi connectivity index (χ0n) is 14.1. The van der Waals surface area contributed by atoms with Crippen molar-refractivity contribution < 1.29 is 19.2 Å². The summed E-state index contributed by atoms with van der Waals surface area (Å²) in [5.74, 6) is 1.60. The zero-order valence-corrected chi connectivity index (χ0v) is 14.1. The lowest BCUT2D eigenvalue weighted by atomic mass is 9.76. The van der Waals surface area contributed by atoms with Crippen LogP contribution in [0.25, 0.3) is 10.8 Å². The average Bonchev–Trinajstić information content (AvgIpc) is 2.60. The third kappa shape index (κ3) is 10.8. The number of hydrogen-bond donors (Lipinski definition) is 0. The van der Waals surface area contributed by atoms with Crippen molar-refractivity contribution in [2.24, 2.45) is 21.8 Å². The van der Waals surface area contributed by atoms with Crippen LogP contribution >= 0.6 is 0 Å². The van der Waals surface area contributed by atoms with Crippen LogP contribution in [-0.2, 0) is 19.2 Å². The normalized spacial score (nSPS) is 27.2. The fourth-order valence-corrected chi connectivity index (χ4v) is 3.64. The SMILES string of the molecule is O=C=NC1CCC(CC2CCC(N=C=O)CC2)CC1.[N-]=C=O.[N-]=C=O. The van der Waals surface area contributed by atoms with E-state index in [1.54, 1.807) is 12.2 Å². The highest BCUT2D eigenvalue weighted by molar-refractivity contribution is 5.37. The van der Waals surface area contributed by atoms with Crippen LogP contribution in [0.2, 0.25) is 0 Å². The molecule has 0 bridgehead atoms. The molecule has 8 nitrogen and oxygen atoms in total. The third-order valence-corrected chi connectivity index (χ3v) is 4.77. The van der Waals surface area contributed by atoms with Crippen LogP contribution in [0.3, 0.4) is 0 Å². The fraction of sp³-hybridized carbons (Fsp3) is 0.765. The summed E-state index contributed by atoms with van der Waals surface area (Å²) < 4.78 is 0. The third-order valence-electron chi connectivity index (χ3n) is 4.77. The first-order valence-corrected chi connectivity index (χ1v) is 8.31. The first-order chi connectivity index (χ1) is 12.1. The van der Waals surface area contributed by atoms with Crippen LogP contribution in [0.15, 0.2) is 9.98 Å². The molecule has 2 fully saturated rings. The van der Waals surface area contributed by atoms with E-state index in [4.69, 9.17) is 20.4 Å². The Bertz CT molecular complexity index is 477. The van der Waals surface area contributed by atoms with Crippen molar-refractivity contribution in [3.8, 4) is 0 Å². The fourth-order valence-electron chi connectivity index (χ4n) is 3.64. The molecule has 0 amide bonds. The van der Waals surface area contributed by atoms with Crippen molar-refractivity contribution in [2.75, 3.05) is 0 Å². The summed E-state index contributed by atoms with van der Waals surface area (Å²) in [4.78, 5) is 44.6. The van der Waals surface area contributed by atoms with Crippen LogP contribution in [0.1, 0.15) is 57.8 Å². The minimum Gasteiger partial charge on any atom is -0.724 e. The molecule has 2 aliphatic carbocycles. The molecule has 2 rings (SSSR count). The lowest BCUT2D eigenvalue weighted by Gasteiger charge is -2.31. The summed E-state index contributed by atoms with van der Waals surface area (Å²) in [6.45, 7) is 0. The quantitative estimate of drug-likeness (QED) is 0.570. The minimum atomic E-state index is 0.228. The molecule has 0 aromatic heterocycles. The highest BCUT2D eigenvalue weighted by Gasteiger charge is 2.26. The predicted octanol–water partition coefficient (Wildman–Crippen LogP) is 2.95. The van der Waals surface area contributed by atoms with Crippen LogP contribution in [0.4, 0.5) is 0 Å². The molecule has 0 aliphatic heterocycles. The molecule has 0 aromatic carbocycles. The van der Waals surface area contributed by atoms with Gasteiger partial charge in [-0.05, 0) is 81.8 Å². The van der Waals surface area contributed by atoms with E-state index in [-0.39, 0.29) is 12.1 Å². The van der Waals surface area contributed by atoms with Gasteiger partial charge in [-0.25, -0.2) is 19.6 Å². The van der Waals surface area contributed by atoms with Crippen molar-refractivity contribution in [1.29, 1.82) is 0 Å². The van der Waals surface area contributed by atoms with Gasteiger partial charge < -0.3 is 10.8 Å². The van der Waals surface area contributed by atoms with Gasteiger partial charge in [0.15, 0.2) is 0 Å². The Morgan fingerprint density at radius 1 is 0.640 bits per heavy atom. The number of carbonyl (C=O) groups excluding carboxylic acids is 4. The molecule has 0 saturated heterocycles. The Hall–Kier alpha value is -2.48. The van der Waals surface area contributed by atoms with Crippen LogP contribution < -0.4 is 0 Å². The number of aliphatic imine (C=N–C) groups is 2. The Morgan fingerprint density at radius 2 is 0.920 bits per heavy atom. The number of nitrogens with zero attached hydrogens (tertiary/aromatic N) is 4. The summed E-state index contributed by atoms with van der Waals surface area (Å²) in [7, 11) is 0. The van der Waals surface area contributed by atoms with E-state index >= 15 is 0 Å². The van der Waals surface area contributed by atoms with E-state index < -0.39 is 0 Å². The van der Waals surface area contributed by atoms with E-state index in [0.717, 1.165) is 37.5 Å². The summed E-state index contributed by atoms with van der Waals surface area (Å²) in [5, 5.41) is 13.5. The second-order valence-electron chi connectivity index (χ2n) is 6.21. The Balaban J connectivity index is 0.000000844. The molecule has 25 heavy (non-hydrogen) atoms. The summed E-state index contributed by atoms with van der Waals surface area (Å²) in [6.07, 6.45) is 14.6. The van der Waals surface area contributed by atoms with Crippen molar-refractivity contribution >= 4 is 24.3 Å². The Morgan fingerprint density at radius 3 is 1.16 bits per heavy atom. The van der Waals surface area contributed by atoms with Gasteiger partial charge in [0.05, 0.1) is 12.1 Å². The largest absolute Gasteiger partial charge is 0.724 e. The number of hydrogen-bond acceptors (Lipinski definition) is 6. The van der Waals surface area contributed by atoms with Crippen LogP contribution in [0, 0.1) is 11.8 Å². The standard InChI is InChI=1S/C15H22N2O2.2CNO/c18-10-16-14-5-1-12(2-6-14)9-13-3-7-15(8-4-13)17-11-19;2*2-1-3/h12-15H,1-9H2;;/q;2*-1. The first-order valence-electron chi connectivity index (χ1n) is 8.31. The van der Waals surface area contributed by atoms with Gasteiger partial charge in [-0.2, -0.15) is 0 Å². The van der Waals surface area contributed by atoms with Gasteiger partial charge in [-0.1, -0.05) is 0 Å². The van der Waals surface area contributed by atoms with Gasteiger partial charge in [-0.3, -0.25) is 9.59 Å². The van der Waals surface area contributed by atoms with E-state index in [9.17, 15) is 9.59 Å². The number of rotatable bonds is 4. The molecule has 8 heteroatoms. The van der Waals surface area contributed by atoms with Gasteiger partial charge in [-0.15, -0.1) is 0 Å². The maximum atomic E-state index is 10.2. The van der Waals surface area contributed by atoms with E-state index in [2.05, 4.69) is 9.98 Å². The van der Waals surface area contributed by atoms with Crippen molar-refractivity contribution in [3.63, 3.8) is 0 Å². The monoisotopic (exact) mass is 346 g/mol. The smallest absolute Gasteiger partial charge is 0.235 e. The molecule has 0 spiro atoms. The molecule has 0 atom stereocenters. The zero-order chi connectivity index (χ0) is 18.9. The molecule has 136 valence electrons. The van der Waals surface area contributed by atoms with Gasteiger partial charge >= 0.3 is 0 Å². The topological polar surface area (TPSA) is 138 Å². The van der Waals surface area contributed by atoms with Gasteiger partial charge in [0.2, 0.25) is 12.2 Å². The Labute approximate surface area is 146 Å². The van der Waals surface area contributed by atoms with E-state index in [0.29, 0.717) is 12.2 Å². The van der Waals surface area contributed by atoms with Crippen LogP contribution in [0.5, 0.6) is 0 Å².